The number of ether oxygens (including phenoxy) is 1. The first-order chi connectivity index (χ1) is 9.85. The molecule has 0 aliphatic heterocycles. The van der Waals surface area contributed by atoms with Crippen LogP contribution in [0.2, 0.25) is 0 Å². The second-order valence-corrected chi connectivity index (χ2v) is 4.41. The van der Waals surface area contributed by atoms with Crippen LogP contribution in [0.25, 0.3) is 0 Å². The monoisotopic (exact) mass is 295 g/mol. The van der Waals surface area contributed by atoms with E-state index in [1.54, 1.807) is 7.11 Å². The zero-order valence-electron chi connectivity index (χ0n) is 12.4. The summed E-state index contributed by atoms with van der Waals surface area (Å²) in [4.78, 5) is 21.3. The summed E-state index contributed by atoms with van der Waals surface area (Å²) in [6, 6.07) is 8.24. The molecule has 0 unspecified atom stereocenters. The molecule has 0 aliphatic rings. The van der Waals surface area contributed by atoms with Crippen molar-refractivity contribution in [1.82, 2.24) is 4.90 Å². The van der Waals surface area contributed by atoms with Crippen LogP contribution in [0, 0.1) is 0 Å². The average Bonchev–Trinajstić information content (AvgIpc) is 2.44. The molecule has 0 amide bonds. The summed E-state index contributed by atoms with van der Waals surface area (Å²) in [6.07, 6.45) is 2.21. The molecular formula is C15H21NO5. The Morgan fingerprint density at radius 2 is 1.57 bits per heavy atom. The van der Waals surface area contributed by atoms with E-state index in [-0.39, 0.29) is 0 Å². The average molecular weight is 295 g/mol. The van der Waals surface area contributed by atoms with Crippen molar-refractivity contribution in [1.29, 1.82) is 0 Å². The fraction of sp³-hybridized carbons (Fsp3) is 0.333. The quantitative estimate of drug-likeness (QED) is 0.774. The Morgan fingerprint density at radius 3 is 1.90 bits per heavy atom. The Morgan fingerprint density at radius 1 is 1.10 bits per heavy atom. The zero-order valence-corrected chi connectivity index (χ0v) is 12.4. The first-order valence-corrected chi connectivity index (χ1v) is 6.26. The predicted octanol–water partition coefficient (Wildman–Crippen LogP) is 1.51. The van der Waals surface area contributed by atoms with Gasteiger partial charge in [0.1, 0.15) is 5.75 Å². The van der Waals surface area contributed by atoms with Gasteiger partial charge in [-0.05, 0) is 38.2 Å². The number of methoxy groups -OCH3 is 1. The minimum absolute atomic E-state index is 0.558. The molecule has 0 atom stereocenters. The molecule has 21 heavy (non-hydrogen) atoms. The summed E-state index contributed by atoms with van der Waals surface area (Å²) in [5.41, 5.74) is 1.36. The molecule has 0 saturated carbocycles. The van der Waals surface area contributed by atoms with Gasteiger partial charge in [0.25, 0.3) is 0 Å². The Kier molecular flexibility index (Phi) is 9.28. The molecule has 1 rings (SSSR count). The molecular weight excluding hydrogens is 274 g/mol. The number of carbonyl (C=O) groups is 2. The largest absolute Gasteiger partial charge is 0.497 e. The van der Waals surface area contributed by atoms with E-state index in [4.69, 9.17) is 14.9 Å². The van der Waals surface area contributed by atoms with E-state index in [1.165, 1.54) is 5.56 Å². The van der Waals surface area contributed by atoms with Crippen molar-refractivity contribution in [2.75, 3.05) is 27.7 Å². The lowest BCUT2D eigenvalue weighted by Gasteiger charge is -2.09. The van der Waals surface area contributed by atoms with E-state index in [1.807, 2.05) is 12.1 Å². The second kappa shape index (κ2) is 10.4. The van der Waals surface area contributed by atoms with Gasteiger partial charge < -0.3 is 19.8 Å². The van der Waals surface area contributed by atoms with Crippen molar-refractivity contribution in [3.05, 3.63) is 42.0 Å². The van der Waals surface area contributed by atoms with E-state index in [9.17, 15) is 9.59 Å². The molecule has 2 N–H and O–H groups in total. The van der Waals surface area contributed by atoms with Gasteiger partial charge in [-0.1, -0.05) is 12.1 Å². The third-order valence-electron chi connectivity index (χ3n) is 2.38. The van der Waals surface area contributed by atoms with Gasteiger partial charge in [-0.15, -0.1) is 0 Å². The first-order valence-electron chi connectivity index (χ1n) is 6.26. The molecule has 0 aromatic heterocycles. The Bertz CT molecular complexity index is 449. The van der Waals surface area contributed by atoms with Crippen LogP contribution in [0.3, 0.4) is 0 Å². The maximum absolute atomic E-state index is 9.55. The van der Waals surface area contributed by atoms with Crippen LogP contribution in [0.5, 0.6) is 5.75 Å². The molecule has 6 nitrogen and oxygen atoms in total. The predicted molar refractivity (Wildman–Crippen MR) is 79.7 cm³/mol. The van der Waals surface area contributed by atoms with Crippen molar-refractivity contribution >= 4 is 11.9 Å². The van der Waals surface area contributed by atoms with E-state index in [2.05, 4.69) is 31.1 Å². The third-order valence-corrected chi connectivity index (χ3v) is 2.38. The molecule has 0 aliphatic carbocycles. The number of hydrogen-bond donors (Lipinski definition) is 2. The number of rotatable bonds is 6. The number of likely N-dealkylation sites (N-methyl/N-ethyl adjacent to an activating group) is 1. The highest BCUT2D eigenvalue weighted by molar-refractivity contribution is 5.89. The van der Waals surface area contributed by atoms with Crippen LogP contribution in [0.4, 0.5) is 0 Å². The molecule has 0 saturated heterocycles. The molecule has 0 fully saturated rings. The SMILES string of the molecule is COc1ccc(CCN(C)C)cc1.O=C(O)/C=C\C(=O)O. The number of nitrogens with zero attached hydrogens (tertiary/aromatic N) is 1. The molecule has 0 radical (unpaired) electrons. The summed E-state index contributed by atoms with van der Waals surface area (Å²) in [6.45, 7) is 1.09. The van der Waals surface area contributed by atoms with Crippen molar-refractivity contribution in [2.45, 2.75) is 6.42 Å². The lowest BCUT2D eigenvalue weighted by molar-refractivity contribution is -0.134. The van der Waals surface area contributed by atoms with Crippen molar-refractivity contribution in [3.8, 4) is 5.75 Å². The van der Waals surface area contributed by atoms with E-state index >= 15 is 0 Å². The lowest BCUT2D eigenvalue weighted by atomic mass is 10.1. The van der Waals surface area contributed by atoms with Crippen LogP contribution in [-0.2, 0) is 16.0 Å². The minimum atomic E-state index is -1.26. The number of carboxylic acids is 2. The summed E-state index contributed by atoms with van der Waals surface area (Å²) < 4.78 is 5.08. The molecule has 1 aromatic carbocycles. The van der Waals surface area contributed by atoms with Gasteiger partial charge in [-0.2, -0.15) is 0 Å². The smallest absolute Gasteiger partial charge is 0.328 e. The van der Waals surface area contributed by atoms with Gasteiger partial charge in [-0.3, -0.25) is 0 Å². The van der Waals surface area contributed by atoms with E-state index in [0.29, 0.717) is 12.2 Å². The normalized spacial score (nSPS) is 10.1. The van der Waals surface area contributed by atoms with Crippen molar-refractivity contribution in [3.63, 3.8) is 0 Å². The van der Waals surface area contributed by atoms with Crippen LogP contribution in [0.1, 0.15) is 5.56 Å². The Labute approximate surface area is 124 Å². The third kappa shape index (κ3) is 11.2. The summed E-state index contributed by atoms with van der Waals surface area (Å²) in [5.74, 6) is -1.59. The first kappa shape index (κ1) is 18.7. The lowest BCUT2D eigenvalue weighted by Crippen LogP contribution is -2.14. The van der Waals surface area contributed by atoms with Gasteiger partial charge in [0.05, 0.1) is 7.11 Å². The molecule has 6 heteroatoms. The highest BCUT2D eigenvalue weighted by Gasteiger charge is 1.95. The summed E-state index contributed by atoms with van der Waals surface area (Å²) >= 11 is 0. The number of carboxylic acid groups (broad SMARTS) is 2. The number of aliphatic carboxylic acids is 2. The van der Waals surface area contributed by atoms with Gasteiger partial charge in [0.2, 0.25) is 0 Å². The standard InChI is InChI=1S/C11H17NO.C4H4O4/c1-12(2)9-8-10-4-6-11(13-3)7-5-10;5-3(6)1-2-4(7)8/h4-7H,8-9H2,1-3H3;1-2H,(H,5,6)(H,7,8)/b;2-1-. The van der Waals surface area contributed by atoms with Gasteiger partial charge in [0, 0.05) is 18.7 Å². The molecule has 0 bridgehead atoms. The van der Waals surface area contributed by atoms with Crippen LogP contribution < -0.4 is 4.74 Å². The fourth-order valence-corrected chi connectivity index (χ4v) is 1.29. The zero-order chi connectivity index (χ0) is 16.3. The van der Waals surface area contributed by atoms with Crippen LogP contribution in [0.15, 0.2) is 36.4 Å². The van der Waals surface area contributed by atoms with Gasteiger partial charge in [0.15, 0.2) is 0 Å². The number of hydrogen-bond acceptors (Lipinski definition) is 4. The molecule has 1 aromatic rings. The van der Waals surface area contributed by atoms with Crippen molar-refractivity contribution in [2.24, 2.45) is 0 Å². The maximum Gasteiger partial charge on any atom is 0.328 e. The summed E-state index contributed by atoms with van der Waals surface area (Å²) in [7, 11) is 5.86. The van der Waals surface area contributed by atoms with Crippen LogP contribution >= 0.6 is 0 Å². The van der Waals surface area contributed by atoms with Gasteiger partial charge >= 0.3 is 11.9 Å². The molecule has 0 heterocycles. The van der Waals surface area contributed by atoms with Gasteiger partial charge in [-0.25, -0.2) is 9.59 Å². The Balaban J connectivity index is 0.000000433. The van der Waals surface area contributed by atoms with Crippen LogP contribution in [-0.4, -0.2) is 54.8 Å². The highest BCUT2D eigenvalue weighted by Crippen LogP contribution is 2.11. The molecule has 0 spiro atoms. The van der Waals surface area contributed by atoms with E-state index < -0.39 is 11.9 Å². The fourth-order valence-electron chi connectivity index (χ4n) is 1.29. The number of benzene rings is 1. The van der Waals surface area contributed by atoms with E-state index in [0.717, 1.165) is 18.7 Å². The second-order valence-electron chi connectivity index (χ2n) is 4.41. The minimum Gasteiger partial charge on any atom is -0.497 e. The topological polar surface area (TPSA) is 87.1 Å². The maximum atomic E-state index is 9.55. The van der Waals surface area contributed by atoms with Crippen molar-refractivity contribution < 1.29 is 24.5 Å². The summed E-state index contributed by atoms with van der Waals surface area (Å²) in [5, 5.41) is 15.6. The Hall–Kier alpha value is -2.34. The molecule has 116 valence electrons. The highest BCUT2D eigenvalue weighted by atomic mass is 16.5.